The molecule has 5 heteroatoms. The molecule has 0 amide bonds. The van der Waals surface area contributed by atoms with E-state index >= 15 is 0 Å². The number of carbonyl (C=O) groups is 1. The molecule has 0 aromatic carbocycles. The Kier molecular flexibility index (Phi) is 5.45. The molecule has 1 saturated carbocycles. The number of aromatic amines is 1. The first kappa shape index (κ1) is 20.3. The number of aromatic nitrogens is 1. The summed E-state index contributed by atoms with van der Waals surface area (Å²) >= 11 is 0. The lowest BCUT2D eigenvalue weighted by Gasteiger charge is -2.22. The summed E-state index contributed by atoms with van der Waals surface area (Å²) in [6.07, 6.45) is 6.60. The van der Waals surface area contributed by atoms with Crippen LogP contribution in [0, 0.1) is 29.6 Å². The fourth-order valence-electron chi connectivity index (χ4n) is 4.11. The van der Waals surface area contributed by atoms with Gasteiger partial charge in [0.2, 0.25) is 0 Å². The molecular formula is C23H28N2O3. The predicted molar refractivity (Wildman–Crippen MR) is 108 cm³/mol. The molecule has 2 N–H and O–H groups in total. The highest BCUT2D eigenvalue weighted by Gasteiger charge is 2.43. The van der Waals surface area contributed by atoms with Crippen molar-refractivity contribution >= 4 is 5.78 Å². The van der Waals surface area contributed by atoms with Crippen molar-refractivity contribution in [3.8, 4) is 6.07 Å². The second kappa shape index (κ2) is 7.52. The lowest BCUT2D eigenvalue weighted by Crippen LogP contribution is -2.26. The standard InChI is InChI=1S/C23H28N2O3/c1-13(2)19-20(21(27)17-8-14(3)7-16(9-17)11-24)18(15(4)25-22(19)28)10-23(12-26)5-6-23/h8-9,13,16,26H,5-7,10,12H2,1-4H3,(H,25,28). The summed E-state index contributed by atoms with van der Waals surface area (Å²) in [6.45, 7) is 7.64. The van der Waals surface area contributed by atoms with Crippen LogP contribution in [0.25, 0.3) is 0 Å². The minimum Gasteiger partial charge on any atom is -0.396 e. The van der Waals surface area contributed by atoms with Crippen LogP contribution in [-0.2, 0) is 6.42 Å². The molecule has 148 valence electrons. The van der Waals surface area contributed by atoms with Gasteiger partial charge in [0, 0.05) is 29.0 Å². The van der Waals surface area contributed by atoms with Crippen molar-refractivity contribution in [1.82, 2.24) is 4.98 Å². The van der Waals surface area contributed by atoms with Crippen molar-refractivity contribution in [2.24, 2.45) is 11.3 Å². The first-order valence-corrected chi connectivity index (χ1v) is 9.91. The highest BCUT2D eigenvalue weighted by molar-refractivity contribution is 6.12. The fourth-order valence-corrected chi connectivity index (χ4v) is 4.11. The zero-order chi connectivity index (χ0) is 20.6. The van der Waals surface area contributed by atoms with Crippen molar-refractivity contribution in [2.75, 3.05) is 6.61 Å². The molecule has 2 aliphatic carbocycles. The molecule has 28 heavy (non-hydrogen) atoms. The summed E-state index contributed by atoms with van der Waals surface area (Å²) in [4.78, 5) is 29.3. The van der Waals surface area contributed by atoms with E-state index in [9.17, 15) is 20.0 Å². The first-order chi connectivity index (χ1) is 13.2. The van der Waals surface area contributed by atoms with Gasteiger partial charge >= 0.3 is 0 Å². The Labute approximate surface area is 165 Å². The fraction of sp³-hybridized carbons (Fsp3) is 0.522. The Balaban J connectivity index is 2.20. The Bertz CT molecular complexity index is 969. The quantitative estimate of drug-likeness (QED) is 0.736. The Morgan fingerprint density at radius 1 is 1.39 bits per heavy atom. The third kappa shape index (κ3) is 3.74. The molecule has 1 aromatic rings. The minimum atomic E-state index is -0.329. The van der Waals surface area contributed by atoms with Gasteiger partial charge in [-0.1, -0.05) is 31.6 Å². The highest BCUT2D eigenvalue weighted by atomic mass is 16.3. The second-order valence-electron chi connectivity index (χ2n) is 8.72. The number of aryl methyl sites for hydroxylation is 1. The number of pyridine rings is 1. The molecule has 0 aliphatic heterocycles. The lowest BCUT2D eigenvalue weighted by atomic mass is 9.82. The number of nitrogens with zero attached hydrogens (tertiary/aromatic N) is 1. The van der Waals surface area contributed by atoms with Gasteiger partial charge in [0.25, 0.3) is 5.56 Å². The molecule has 1 aromatic heterocycles. The first-order valence-electron chi connectivity index (χ1n) is 9.91. The largest absolute Gasteiger partial charge is 0.396 e. The Hall–Kier alpha value is -2.45. The summed E-state index contributed by atoms with van der Waals surface area (Å²) in [7, 11) is 0. The third-order valence-electron chi connectivity index (χ3n) is 5.97. The summed E-state index contributed by atoms with van der Waals surface area (Å²) in [5, 5.41) is 19.1. The number of carbonyl (C=O) groups excluding carboxylic acids is 1. The smallest absolute Gasteiger partial charge is 0.252 e. The monoisotopic (exact) mass is 380 g/mol. The number of H-pyrrole nitrogens is 1. The highest BCUT2D eigenvalue weighted by Crippen LogP contribution is 2.49. The molecule has 3 rings (SSSR count). The SMILES string of the molecule is CC1=CC(C(=O)c2c(CC3(CO)CC3)c(C)[nH]c(=O)c2C(C)C)=CC(C#N)C1. The lowest BCUT2D eigenvalue weighted by molar-refractivity contribution is 0.103. The van der Waals surface area contributed by atoms with Crippen molar-refractivity contribution in [3.63, 3.8) is 0 Å². The third-order valence-corrected chi connectivity index (χ3v) is 5.97. The van der Waals surface area contributed by atoms with Crippen molar-refractivity contribution < 1.29 is 9.90 Å². The van der Waals surface area contributed by atoms with E-state index in [-0.39, 0.29) is 35.2 Å². The van der Waals surface area contributed by atoms with E-state index in [0.717, 1.165) is 24.0 Å². The molecule has 1 heterocycles. The maximum absolute atomic E-state index is 13.6. The normalized spacial score (nSPS) is 20.4. The average Bonchev–Trinajstić information content (AvgIpc) is 3.42. The van der Waals surface area contributed by atoms with Crippen LogP contribution in [0.5, 0.6) is 0 Å². The van der Waals surface area contributed by atoms with Crippen LogP contribution < -0.4 is 5.56 Å². The number of allylic oxidation sites excluding steroid dienone is 4. The van der Waals surface area contributed by atoms with Crippen molar-refractivity contribution in [1.29, 1.82) is 5.26 Å². The Morgan fingerprint density at radius 3 is 2.61 bits per heavy atom. The molecule has 0 bridgehead atoms. The van der Waals surface area contributed by atoms with Gasteiger partial charge in [-0.15, -0.1) is 0 Å². The van der Waals surface area contributed by atoms with Crippen LogP contribution in [0.15, 0.2) is 28.1 Å². The number of hydrogen-bond donors (Lipinski definition) is 2. The van der Waals surface area contributed by atoms with Gasteiger partial charge in [-0.25, -0.2) is 0 Å². The van der Waals surface area contributed by atoms with Crippen LogP contribution in [0.1, 0.15) is 73.1 Å². The molecule has 1 atom stereocenters. The van der Waals surface area contributed by atoms with Gasteiger partial charge in [0.05, 0.1) is 12.0 Å². The van der Waals surface area contributed by atoms with Crippen molar-refractivity contribution in [3.05, 3.63) is 56.0 Å². The van der Waals surface area contributed by atoms with Gasteiger partial charge in [0.1, 0.15) is 0 Å². The van der Waals surface area contributed by atoms with E-state index < -0.39 is 0 Å². The van der Waals surface area contributed by atoms with Crippen LogP contribution in [0.3, 0.4) is 0 Å². The zero-order valence-electron chi connectivity index (χ0n) is 17.1. The Morgan fingerprint density at radius 2 is 2.07 bits per heavy atom. The number of aliphatic hydroxyl groups is 1. The zero-order valence-corrected chi connectivity index (χ0v) is 17.1. The van der Waals surface area contributed by atoms with Crippen LogP contribution in [-0.4, -0.2) is 22.5 Å². The van der Waals surface area contributed by atoms with E-state index in [1.54, 1.807) is 6.08 Å². The average molecular weight is 380 g/mol. The molecule has 0 saturated heterocycles. The van der Waals surface area contributed by atoms with E-state index in [0.29, 0.717) is 35.2 Å². The van der Waals surface area contributed by atoms with E-state index in [1.807, 2.05) is 33.8 Å². The molecular weight excluding hydrogens is 352 g/mol. The maximum Gasteiger partial charge on any atom is 0.252 e. The van der Waals surface area contributed by atoms with Gasteiger partial charge in [-0.05, 0) is 56.4 Å². The molecule has 2 aliphatic rings. The van der Waals surface area contributed by atoms with E-state index in [2.05, 4.69) is 11.1 Å². The number of Topliss-reactive ketones (excluding diaryl/α,β-unsaturated/α-hetero) is 1. The molecule has 0 radical (unpaired) electrons. The number of hydrogen-bond acceptors (Lipinski definition) is 4. The molecule has 5 nitrogen and oxygen atoms in total. The number of ketones is 1. The van der Waals surface area contributed by atoms with E-state index in [4.69, 9.17) is 0 Å². The maximum atomic E-state index is 13.6. The summed E-state index contributed by atoms with van der Waals surface area (Å²) < 4.78 is 0. The number of rotatable bonds is 6. The van der Waals surface area contributed by atoms with Gasteiger partial charge in [-0.3, -0.25) is 9.59 Å². The van der Waals surface area contributed by atoms with E-state index in [1.165, 1.54) is 0 Å². The summed E-state index contributed by atoms with van der Waals surface area (Å²) in [5.41, 5.74) is 3.52. The number of aliphatic hydroxyl groups excluding tert-OH is 1. The topological polar surface area (TPSA) is 93.9 Å². The summed E-state index contributed by atoms with van der Waals surface area (Å²) in [6, 6.07) is 2.23. The van der Waals surface area contributed by atoms with Gasteiger partial charge in [-0.2, -0.15) is 5.26 Å². The number of nitriles is 1. The molecule has 0 spiro atoms. The van der Waals surface area contributed by atoms with Crippen LogP contribution in [0.2, 0.25) is 0 Å². The van der Waals surface area contributed by atoms with Crippen molar-refractivity contribution in [2.45, 2.75) is 59.3 Å². The van der Waals surface area contributed by atoms with Gasteiger partial charge < -0.3 is 10.1 Å². The van der Waals surface area contributed by atoms with Gasteiger partial charge in [0.15, 0.2) is 5.78 Å². The predicted octanol–water partition coefficient (Wildman–Crippen LogP) is 3.72. The second-order valence-corrected chi connectivity index (χ2v) is 8.72. The molecule has 1 unspecified atom stereocenters. The number of nitrogens with one attached hydrogen (secondary N) is 1. The minimum absolute atomic E-state index is 0.0778. The molecule has 1 fully saturated rings. The van der Waals surface area contributed by atoms with Crippen LogP contribution >= 0.6 is 0 Å². The summed E-state index contributed by atoms with van der Waals surface area (Å²) in [5.74, 6) is -0.640. The van der Waals surface area contributed by atoms with Crippen LogP contribution in [0.4, 0.5) is 0 Å².